The van der Waals surface area contributed by atoms with Crippen LogP contribution in [-0.2, 0) is 24.3 Å². The van der Waals surface area contributed by atoms with Crippen molar-refractivity contribution in [2.45, 2.75) is 26.4 Å². The summed E-state index contributed by atoms with van der Waals surface area (Å²) in [5, 5.41) is 0. The summed E-state index contributed by atoms with van der Waals surface area (Å²) in [5.41, 5.74) is 7.21. The predicted molar refractivity (Wildman–Crippen MR) is 102 cm³/mol. The largest absolute Gasteiger partial charge is 0.325 e. The molecule has 3 N–H and O–H groups in total. The summed E-state index contributed by atoms with van der Waals surface area (Å²) in [4.78, 5) is 41.0. The number of pyridine rings is 1. The number of aromatic nitrogens is 1. The molecular formula is C20H22N4O3. The van der Waals surface area contributed by atoms with Gasteiger partial charge in [-0.25, -0.2) is 0 Å². The average molecular weight is 366 g/mol. The molecule has 0 spiro atoms. The number of H-pyrrole nitrogens is 1. The summed E-state index contributed by atoms with van der Waals surface area (Å²) >= 11 is 0. The van der Waals surface area contributed by atoms with Crippen molar-refractivity contribution in [2.24, 2.45) is 0 Å². The van der Waals surface area contributed by atoms with Gasteiger partial charge in [0.2, 0.25) is 0 Å². The van der Waals surface area contributed by atoms with Crippen LogP contribution in [0.4, 0.5) is 0 Å². The van der Waals surface area contributed by atoms with E-state index in [1.165, 1.54) is 12.5 Å². The van der Waals surface area contributed by atoms with Gasteiger partial charge in [-0.2, -0.15) is 0 Å². The van der Waals surface area contributed by atoms with Gasteiger partial charge in [0.05, 0.1) is 0 Å². The first kappa shape index (κ1) is 18.6. The lowest BCUT2D eigenvalue weighted by molar-refractivity contribution is -0.118. The molecule has 0 unspecified atom stereocenters. The van der Waals surface area contributed by atoms with Crippen LogP contribution in [0.1, 0.15) is 34.1 Å². The van der Waals surface area contributed by atoms with Crippen LogP contribution in [0, 0.1) is 0 Å². The van der Waals surface area contributed by atoms with Gasteiger partial charge in [-0.1, -0.05) is 36.9 Å². The zero-order chi connectivity index (χ0) is 19.4. The lowest BCUT2D eigenvalue weighted by Crippen LogP contribution is -2.44. The van der Waals surface area contributed by atoms with Crippen molar-refractivity contribution in [1.29, 1.82) is 0 Å². The maximum atomic E-state index is 12.3. The first-order chi connectivity index (χ1) is 12.9. The molecule has 2 amide bonds. The van der Waals surface area contributed by atoms with E-state index in [1.54, 1.807) is 6.07 Å². The fourth-order valence-electron chi connectivity index (χ4n) is 3.00. The number of amides is 2. The summed E-state index contributed by atoms with van der Waals surface area (Å²) in [5.74, 6) is -1.17. The van der Waals surface area contributed by atoms with Crippen LogP contribution in [0.5, 0.6) is 0 Å². The van der Waals surface area contributed by atoms with Crippen molar-refractivity contribution in [3.05, 3.63) is 81.3 Å². The second-order valence-corrected chi connectivity index (χ2v) is 6.65. The van der Waals surface area contributed by atoms with E-state index in [2.05, 4.69) is 39.4 Å². The number of hydrogen-bond acceptors (Lipinski definition) is 4. The number of carbonyl (C=O) groups excluding carboxylic acids is 2. The van der Waals surface area contributed by atoms with Crippen LogP contribution in [0.3, 0.4) is 0 Å². The Morgan fingerprint density at radius 3 is 2.67 bits per heavy atom. The highest BCUT2D eigenvalue weighted by Gasteiger charge is 2.21. The number of nitrogens with zero attached hydrogens (tertiary/aromatic N) is 1. The molecule has 1 aromatic heterocycles. The Morgan fingerprint density at radius 1 is 1.22 bits per heavy atom. The Bertz CT molecular complexity index is 934. The molecule has 0 bridgehead atoms. The van der Waals surface area contributed by atoms with Crippen molar-refractivity contribution in [2.75, 3.05) is 6.54 Å². The van der Waals surface area contributed by atoms with Gasteiger partial charge in [-0.3, -0.25) is 30.1 Å². The quantitative estimate of drug-likeness (QED) is 0.561. The number of carbonyl (C=O) groups is 2. The van der Waals surface area contributed by atoms with E-state index in [4.69, 9.17) is 0 Å². The van der Waals surface area contributed by atoms with Gasteiger partial charge in [0.1, 0.15) is 5.56 Å². The van der Waals surface area contributed by atoms with Gasteiger partial charge in [0.25, 0.3) is 17.4 Å². The molecule has 0 radical (unpaired) electrons. The van der Waals surface area contributed by atoms with Crippen molar-refractivity contribution >= 4 is 11.8 Å². The Labute approximate surface area is 157 Å². The number of aromatic amines is 1. The van der Waals surface area contributed by atoms with E-state index in [9.17, 15) is 14.4 Å². The molecular weight excluding hydrogens is 344 g/mol. The second kappa shape index (κ2) is 8.01. The molecule has 2 heterocycles. The summed E-state index contributed by atoms with van der Waals surface area (Å²) in [7, 11) is 0. The van der Waals surface area contributed by atoms with Crippen LogP contribution < -0.4 is 16.4 Å². The van der Waals surface area contributed by atoms with E-state index >= 15 is 0 Å². The Morgan fingerprint density at radius 2 is 1.96 bits per heavy atom. The first-order valence-corrected chi connectivity index (χ1v) is 8.71. The summed E-state index contributed by atoms with van der Waals surface area (Å²) in [6, 6.07) is 11.8. The maximum absolute atomic E-state index is 12.3. The molecule has 1 aromatic carbocycles. The van der Waals surface area contributed by atoms with Crippen LogP contribution in [-0.4, -0.2) is 28.2 Å². The van der Waals surface area contributed by atoms with Gasteiger partial charge < -0.3 is 4.98 Å². The minimum absolute atomic E-state index is 0.0303. The van der Waals surface area contributed by atoms with Crippen molar-refractivity contribution < 1.29 is 9.59 Å². The van der Waals surface area contributed by atoms with E-state index in [0.29, 0.717) is 13.0 Å². The average Bonchev–Trinajstić information content (AvgIpc) is 2.66. The van der Waals surface area contributed by atoms with Gasteiger partial charge >= 0.3 is 0 Å². The molecule has 140 valence electrons. The molecule has 7 nitrogen and oxygen atoms in total. The molecule has 27 heavy (non-hydrogen) atoms. The minimum atomic E-state index is -0.658. The third-order valence-corrected chi connectivity index (χ3v) is 4.46. The van der Waals surface area contributed by atoms with Crippen molar-refractivity contribution in [3.8, 4) is 0 Å². The number of nitrogens with one attached hydrogen (secondary N) is 3. The number of benzene rings is 1. The number of rotatable bonds is 4. The monoisotopic (exact) mass is 366 g/mol. The summed E-state index contributed by atoms with van der Waals surface area (Å²) in [6.07, 6.45) is 0.714. The van der Waals surface area contributed by atoms with Crippen molar-refractivity contribution in [1.82, 2.24) is 20.7 Å². The molecule has 7 heteroatoms. The Kier molecular flexibility index (Phi) is 5.52. The molecule has 1 aliphatic rings. The zero-order valence-corrected chi connectivity index (χ0v) is 15.2. The SMILES string of the molecule is C=C(C)C(=O)NNC(=O)c1cc2c([nH]c1=O)CCN(Cc1ccccc1)C2. The van der Waals surface area contributed by atoms with E-state index in [0.717, 1.165) is 24.3 Å². The standard InChI is InChI=1S/C20H22N4O3/c1-13(2)18(25)22-23-20(27)16-10-15-12-24(9-8-17(15)21-19(16)26)11-14-6-4-3-5-7-14/h3-7,10H,1,8-9,11-12H2,2H3,(H,21,26)(H,22,25)(H,23,27). The van der Waals surface area contributed by atoms with Gasteiger partial charge in [-0.05, 0) is 24.1 Å². The van der Waals surface area contributed by atoms with E-state index in [-0.39, 0.29) is 11.1 Å². The summed E-state index contributed by atoms with van der Waals surface area (Å²) in [6.45, 7) is 7.28. The molecule has 0 fully saturated rings. The smallest absolute Gasteiger partial charge is 0.275 e. The van der Waals surface area contributed by atoms with Gasteiger partial charge in [-0.15, -0.1) is 0 Å². The van der Waals surface area contributed by atoms with Crippen LogP contribution in [0.15, 0.2) is 53.3 Å². The molecule has 0 saturated carbocycles. The third kappa shape index (κ3) is 4.51. The maximum Gasteiger partial charge on any atom is 0.275 e. The van der Waals surface area contributed by atoms with Crippen LogP contribution >= 0.6 is 0 Å². The minimum Gasteiger partial charge on any atom is -0.325 e. The lowest BCUT2D eigenvalue weighted by atomic mass is 10.0. The fourth-order valence-corrected chi connectivity index (χ4v) is 3.00. The first-order valence-electron chi connectivity index (χ1n) is 8.71. The van der Waals surface area contributed by atoms with Crippen LogP contribution in [0.25, 0.3) is 0 Å². The van der Waals surface area contributed by atoms with Gasteiger partial charge in [0.15, 0.2) is 0 Å². The van der Waals surface area contributed by atoms with E-state index in [1.807, 2.05) is 18.2 Å². The number of hydrogen-bond donors (Lipinski definition) is 3. The Balaban J connectivity index is 1.73. The molecule has 2 aromatic rings. The van der Waals surface area contributed by atoms with Crippen molar-refractivity contribution in [3.63, 3.8) is 0 Å². The predicted octanol–water partition coefficient (Wildman–Crippen LogP) is 1.27. The highest BCUT2D eigenvalue weighted by Crippen LogP contribution is 2.18. The number of hydrazine groups is 1. The highest BCUT2D eigenvalue weighted by atomic mass is 16.2. The topological polar surface area (TPSA) is 94.3 Å². The Hall–Kier alpha value is -3.19. The lowest BCUT2D eigenvalue weighted by Gasteiger charge is -2.28. The zero-order valence-electron chi connectivity index (χ0n) is 15.2. The molecule has 0 aliphatic carbocycles. The van der Waals surface area contributed by atoms with Crippen LogP contribution in [0.2, 0.25) is 0 Å². The normalized spacial score (nSPS) is 13.5. The van der Waals surface area contributed by atoms with E-state index < -0.39 is 17.4 Å². The molecule has 0 atom stereocenters. The molecule has 0 saturated heterocycles. The fraction of sp³-hybridized carbons (Fsp3) is 0.250. The van der Waals surface area contributed by atoms with Gasteiger partial charge in [0, 0.05) is 37.3 Å². The second-order valence-electron chi connectivity index (χ2n) is 6.65. The third-order valence-electron chi connectivity index (χ3n) is 4.46. The molecule has 3 rings (SSSR count). The highest BCUT2D eigenvalue weighted by molar-refractivity contribution is 5.98. The summed E-state index contributed by atoms with van der Waals surface area (Å²) < 4.78 is 0. The number of fused-ring (bicyclic) bond motifs is 1. The molecule has 1 aliphatic heterocycles.